The lowest BCUT2D eigenvalue weighted by atomic mass is 9.65. The van der Waals surface area contributed by atoms with Crippen molar-refractivity contribution in [3.8, 4) is 0 Å². The molecule has 4 bridgehead atoms. The molecule has 6 aliphatic rings. The van der Waals surface area contributed by atoms with Gasteiger partial charge in [-0.25, -0.2) is 0 Å². The minimum absolute atomic E-state index is 0.690. The minimum Gasteiger partial charge on any atom is -0.298 e. The zero-order valence-corrected chi connectivity index (χ0v) is 14.5. The summed E-state index contributed by atoms with van der Waals surface area (Å²) in [5.74, 6) is 6.94. The number of fused-ring (bicyclic) bond motifs is 16. The third-order valence-corrected chi connectivity index (χ3v) is 8.99. The van der Waals surface area contributed by atoms with Crippen LogP contribution in [0.25, 0.3) is 6.08 Å². The van der Waals surface area contributed by atoms with Crippen molar-refractivity contribution in [2.24, 2.45) is 41.4 Å². The lowest BCUT2D eigenvalue weighted by Gasteiger charge is -2.39. The number of aldehydes is 1. The first-order valence-corrected chi connectivity index (χ1v) is 10.3. The highest BCUT2D eigenvalue weighted by Crippen LogP contribution is 2.73. The molecular formula is C24H24O. The van der Waals surface area contributed by atoms with Crippen LogP contribution in [0.1, 0.15) is 57.8 Å². The van der Waals surface area contributed by atoms with E-state index in [1.54, 1.807) is 5.56 Å². The molecule has 126 valence electrons. The van der Waals surface area contributed by atoms with E-state index in [0.717, 1.165) is 59.8 Å². The zero-order valence-electron chi connectivity index (χ0n) is 14.5. The van der Waals surface area contributed by atoms with Crippen molar-refractivity contribution < 1.29 is 4.79 Å². The molecule has 0 aliphatic heterocycles. The van der Waals surface area contributed by atoms with Gasteiger partial charge in [0, 0.05) is 5.56 Å². The quantitative estimate of drug-likeness (QED) is 0.411. The van der Waals surface area contributed by atoms with Crippen LogP contribution in [0.3, 0.4) is 0 Å². The van der Waals surface area contributed by atoms with Gasteiger partial charge in [0.05, 0.1) is 0 Å². The van der Waals surface area contributed by atoms with Crippen LogP contribution in [0.15, 0.2) is 24.3 Å². The van der Waals surface area contributed by atoms with E-state index < -0.39 is 0 Å². The minimum atomic E-state index is 0.690. The van der Waals surface area contributed by atoms with Crippen molar-refractivity contribution >= 4 is 12.4 Å². The van der Waals surface area contributed by atoms with Crippen LogP contribution in [0, 0.1) is 41.4 Å². The molecule has 1 aromatic carbocycles. The number of allylic oxidation sites excluding steroid dienone is 3. The Labute approximate surface area is 149 Å². The van der Waals surface area contributed by atoms with Gasteiger partial charge in [-0.2, -0.15) is 0 Å². The summed E-state index contributed by atoms with van der Waals surface area (Å²) in [6, 6.07) is 2.25. The first-order valence-electron chi connectivity index (χ1n) is 10.3. The van der Waals surface area contributed by atoms with E-state index in [1.807, 2.05) is 0 Å². The van der Waals surface area contributed by atoms with E-state index in [4.69, 9.17) is 0 Å². The van der Waals surface area contributed by atoms with E-state index in [0.29, 0.717) is 5.92 Å². The molecule has 3 fully saturated rings. The first-order chi connectivity index (χ1) is 12.3. The zero-order chi connectivity index (χ0) is 16.3. The van der Waals surface area contributed by atoms with E-state index in [9.17, 15) is 4.79 Å². The lowest BCUT2D eigenvalue weighted by molar-refractivity contribution is 0.111. The maximum atomic E-state index is 12.0. The lowest BCUT2D eigenvalue weighted by Crippen LogP contribution is -2.34. The molecule has 0 saturated heterocycles. The Bertz CT molecular complexity index is 875. The highest BCUT2D eigenvalue weighted by Gasteiger charge is 2.66. The molecule has 0 N–H and O–H groups in total. The molecule has 0 radical (unpaired) electrons. The van der Waals surface area contributed by atoms with Crippen molar-refractivity contribution in [1.82, 2.24) is 0 Å². The van der Waals surface area contributed by atoms with Crippen molar-refractivity contribution in [2.45, 2.75) is 38.0 Å². The Morgan fingerprint density at radius 3 is 2.68 bits per heavy atom. The predicted octanol–water partition coefficient (Wildman–Crippen LogP) is 4.80. The fraction of sp³-hybridized carbons (Fsp3) is 0.542. The molecule has 1 heteroatoms. The van der Waals surface area contributed by atoms with Crippen LogP contribution in [-0.2, 0) is 12.8 Å². The Morgan fingerprint density at radius 2 is 1.84 bits per heavy atom. The van der Waals surface area contributed by atoms with Crippen molar-refractivity contribution in [2.75, 3.05) is 0 Å². The Kier molecular flexibility index (Phi) is 2.37. The van der Waals surface area contributed by atoms with Gasteiger partial charge in [-0.3, -0.25) is 4.79 Å². The molecule has 1 nitrogen and oxygen atoms in total. The Balaban J connectivity index is 1.42. The van der Waals surface area contributed by atoms with Crippen LogP contribution in [-0.4, -0.2) is 6.29 Å². The monoisotopic (exact) mass is 328 g/mol. The maximum absolute atomic E-state index is 12.0. The van der Waals surface area contributed by atoms with E-state index in [2.05, 4.69) is 30.4 Å². The van der Waals surface area contributed by atoms with Crippen LogP contribution in [0.5, 0.6) is 0 Å². The van der Waals surface area contributed by atoms with Gasteiger partial charge in [-0.1, -0.05) is 24.3 Å². The van der Waals surface area contributed by atoms with E-state index in [-0.39, 0.29) is 0 Å². The second kappa shape index (κ2) is 4.37. The van der Waals surface area contributed by atoms with Gasteiger partial charge in [-0.15, -0.1) is 0 Å². The number of carbonyl (C=O) groups is 1. The van der Waals surface area contributed by atoms with Crippen molar-refractivity contribution in [3.63, 3.8) is 0 Å². The number of aryl methyl sites for hydroxylation is 1. The Morgan fingerprint density at radius 1 is 1.00 bits per heavy atom. The second-order valence-electron chi connectivity index (χ2n) is 9.55. The normalized spacial score (nSPS) is 46.2. The second-order valence-corrected chi connectivity index (χ2v) is 9.55. The molecule has 0 heterocycles. The first kappa shape index (κ1) is 13.6. The third-order valence-electron chi connectivity index (χ3n) is 8.99. The smallest absolute Gasteiger partial charge is 0.150 e. The van der Waals surface area contributed by atoms with Gasteiger partial charge in [-0.05, 0) is 108 Å². The summed E-state index contributed by atoms with van der Waals surface area (Å²) >= 11 is 0. The Hall–Kier alpha value is -1.63. The van der Waals surface area contributed by atoms with Crippen LogP contribution < -0.4 is 0 Å². The average molecular weight is 328 g/mol. The highest BCUT2D eigenvalue weighted by atomic mass is 16.1. The number of hydrogen-bond acceptors (Lipinski definition) is 1. The largest absolute Gasteiger partial charge is 0.298 e. The number of hydrogen-bond donors (Lipinski definition) is 0. The standard InChI is InChI=1S/C24H24O/c25-11-15-7-12-3-1-2-4-16(12)17-9-19-18-10-20(24(19)23(15)17)22-14-6-5-13(8-14)21(18)22/h2,4-7,11,13-14,18-22,24H,1,3,8-10H2. The van der Waals surface area contributed by atoms with Crippen LogP contribution >= 0.6 is 0 Å². The third kappa shape index (κ3) is 1.44. The van der Waals surface area contributed by atoms with Crippen molar-refractivity contribution in [3.05, 3.63) is 52.1 Å². The topological polar surface area (TPSA) is 17.1 Å². The molecule has 0 aromatic heterocycles. The van der Waals surface area contributed by atoms with Crippen LogP contribution in [0.2, 0.25) is 0 Å². The number of carbonyl (C=O) groups excluding carboxylic acids is 1. The van der Waals surface area contributed by atoms with Gasteiger partial charge in [0.1, 0.15) is 6.29 Å². The van der Waals surface area contributed by atoms with E-state index >= 15 is 0 Å². The van der Waals surface area contributed by atoms with Crippen LogP contribution in [0.4, 0.5) is 0 Å². The van der Waals surface area contributed by atoms with Gasteiger partial charge in [0.2, 0.25) is 0 Å². The molecule has 7 rings (SSSR count). The number of benzene rings is 1. The van der Waals surface area contributed by atoms with Gasteiger partial charge < -0.3 is 0 Å². The van der Waals surface area contributed by atoms with Gasteiger partial charge >= 0.3 is 0 Å². The summed E-state index contributed by atoms with van der Waals surface area (Å²) in [7, 11) is 0. The predicted molar refractivity (Wildman–Crippen MR) is 98.4 cm³/mol. The SMILES string of the molecule is O=Cc1cc2c(c3c1C1C(C3)C3CC1C1C4C=CC(C4)C31)C=CCC2. The average Bonchev–Trinajstić information content (AvgIpc) is 3.42. The summed E-state index contributed by atoms with van der Waals surface area (Å²) in [4.78, 5) is 12.0. The molecule has 1 aromatic rings. The molecule has 8 unspecified atom stereocenters. The fourth-order valence-electron chi connectivity index (χ4n) is 8.53. The summed E-state index contributed by atoms with van der Waals surface area (Å²) in [5.41, 5.74) is 7.02. The molecule has 6 aliphatic carbocycles. The van der Waals surface area contributed by atoms with Crippen molar-refractivity contribution in [1.29, 1.82) is 0 Å². The highest BCUT2D eigenvalue weighted by molar-refractivity contribution is 5.82. The molecular weight excluding hydrogens is 304 g/mol. The summed E-state index contributed by atoms with van der Waals surface area (Å²) < 4.78 is 0. The van der Waals surface area contributed by atoms with E-state index in [1.165, 1.54) is 42.2 Å². The summed E-state index contributed by atoms with van der Waals surface area (Å²) in [5, 5.41) is 0. The molecule has 0 spiro atoms. The molecule has 25 heavy (non-hydrogen) atoms. The summed E-state index contributed by atoms with van der Waals surface area (Å²) in [6.45, 7) is 0. The van der Waals surface area contributed by atoms with Gasteiger partial charge in [0.15, 0.2) is 0 Å². The molecule has 0 amide bonds. The van der Waals surface area contributed by atoms with Gasteiger partial charge in [0.25, 0.3) is 0 Å². The molecule has 3 saturated carbocycles. The maximum Gasteiger partial charge on any atom is 0.150 e. The number of rotatable bonds is 1. The molecule has 8 atom stereocenters. The fourth-order valence-corrected chi connectivity index (χ4v) is 8.53. The summed E-state index contributed by atoms with van der Waals surface area (Å²) in [6.07, 6.45) is 17.3.